The lowest BCUT2D eigenvalue weighted by molar-refractivity contribution is 0.00578. The SMILES string of the molecule is C=C(B1OC(C)(C)C(C)(C)O1)C1CNC1. The standard InChI is InChI=1S/C11H20BNO2/c1-8(9-6-13-7-9)12-14-10(2,3)11(4,5)15-12/h9,13H,1,6-7H2,2-5H3. The Morgan fingerprint density at radius 3 is 2.00 bits per heavy atom. The zero-order chi connectivity index (χ0) is 11.3. The van der Waals surface area contributed by atoms with Crippen LogP contribution in [-0.4, -0.2) is 31.4 Å². The fraction of sp³-hybridized carbons (Fsp3) is 0.818. The first-order valence-corrected chi connectivity index (χ1v) is 5.58. The van der Waals surface area contributed by atoms with Crippen LogP contribution >= 0.6 is 0 Å². The summed E-state index contributed by atoms with van der Waals surface area (Å²) >= 11 is 0. The average molecular weight is 209 g/mol. The van der Waals surface area contributed by atoms with Crippen molar-refractivity contribution in [2.45, 2.75) is 38.9 Å². The number of rotatable bonds is 2. The molecule has 0 saturated carbocycles. The summed E-state index contributed by atoms with van der Waals surface area (Å²) in [6, 6.07) is 0. The Kier molecular flexibility index (Phi) is 2.49. The van der Waals surface area contributed by atoms with Crippen LogP contribution in [0, 0.1) is 5.92 Å². The van der Waals surface area contributed by atoms with E-state index in [-0.39, 0.29) is 18.3 Å². The molecule has 2 fully saturated rings. The van der Waals surface area contributed by atoms with E-state index in [2.05, 4.69) is 39.6 Å². The fourth-order valence-electron chi connectivity index (χ4n) is 1.74. The first-order valence-electron chi connectivity index (χ1n) is 5.58. The highest BCUT2D eigenvalue weighted by Crippen LogP contribution is 2.39. The minimum absolute atomic E-state index is 0.234. The van der Waals surface area contributed by atoms with Gasteiger partial charge in [0.05, 0.1) is 11.2 Å². The van der Waals surface area contributed by atoms with Gasteiger partial charge in [0.1, 0.15) is 0 Å². The molecule has 0 aliphatic carbocycles. The van der Waals surface area contributed by atoms with Crippen LogP contribution in [0.3, 0.4) is 0 Å². The average Bonchev–Trinajstić information content (AvgIpc) is 2.17. The predicted octanol–water partition coefficient (Wildman–Crippen LogP) is 1.39. The van der Waals surface area contributed by atoms with Gasteiger partial charge in [-0.15, -0.1) is 6.58 Å². The van der Waals surface area contributed by atoms with Crippen LogP contribution in [0.2, 0.25) is 0 Å². The Labute approximate surface area is 92.4 Å². The Morgan fingerprint density at radius 2 is 1.67 bits per heavy atom. The topological polar surface area (TPSA) is 30.5 Å². The van der Waals surface area contributed by atoms with Crippen LogP contribution in [0.1, 0.15) is 27.7 Å². The van der Waals surface area contributed by atoms with Crippen molar-refractivity contribution < 1.29 is 9.31 Å². The van der Waals surface area contributed by atoms with Crippen LogP contribution in [0.4, 0.5) is 0 Å². The van der Waals surface area contributed by atoms with E-state index in [9.17, 15) is 0 Å². The molecule has 2 rings (SSSR count). The zero-order valence-electron chi connectivity index (χ0n) is 10.1. The summed E-state index contributed by atoms with van der Waals surface area (Å²) < 4.78 is 11.9. The summed E-state index contributed by atoms with van der Waals surface area (Å²) in [5.41, 5.74) is 0.572. The molecule has 0 spiro atoms. The molecule has 3 nitrogen and oxygen atoms in total. The number of nitrogens with one attached hydrogen (secondary N) is 1. The molecule has 2 aliphatic heterocycles. The second kappa shape index (κ2) is 3.34. The summed E-state index contributed by atoms with van der Waals surface area (Å²) in [6.07, 6.45) is 0. The molecule has 0 atom stereocenters. The summed E-state index contributed by atoms with van der Waals surface area (Å²) in [6.45, 7) is 14.4. The Morgan fingerprint density at radius 1 is 1.20 bits per heavy atom. The molecule has 0 aromatic rings. The second-order valence-electron chi connectivity index (χ2n) is 5.52. The van der Waals surface area contributed by atoms with E-state index in [0.717, 1.165) is 18.6 Å². The molecule has 4 heteroatoms. The van der Waals surface area contributed by atoms with Gasteiger partial charge in [0, 0.05) is 19.0 Å². The highest BCUT2D eigenvalue weighted by molar-refractivity contribution is 6.54. The van der Waals surface area contributed by atoms with Gasteiger partial charge in [0.25, 0.3) is 0 Å². The van der Waals surface area contributed by atoms with Crippen LogP contribution in [0.5, 0.6) is 0 Å². The Hall–Kier alpha value is -0.315. The molecule has 84 valence electrons. The first kappa shape index (κ1) is 11.2. The van der Waals surface area contributed by atoms with E-state index in [1.54, 1.807) is 0 Å². The second-order valence-corrected chi connectivity index (χ2v) is 5.52. The molecule has 0 amide bonds. The van der Waals surface area contributed by atoms with Crippen molar-refractivity contribution in [3.63, 3.8) is 0 Å². The van der Waals surface area contributed by atoms with Gasteiger partial charge in [-0.1, -0.05) is 0 Å². The number of hydrogen-bond donors (Lipinski definition) is 1. The van der Waals surface area contributed by atoms with E-state index in [1.807, 2.05) is 0 Å². The minimum Gasteiger partial charge on any atom is -0.400 e. The molecule has 0 aromatic heterocycles. The zero-order valence-corrected chi connectivity index (χ0v) is 10.1. The van der Waals surface area contributed by atoms with E-state index in [4.69, 9.17) is 9.31 Å². The van der Waals surface area contributed by atoms with Gasteiger partial charge in [0.15, 0.2) is 0 Å². The molecule has 2 saturated heterocycles. The maximum absolute atomic E-state index is 5.93. The van der Waals surface area contributed by atoms with Gasteiger partial charge in [-0.25, -0.2) is 0 Å². The maximum atomic E-state index is 5.93. The van der Waals surface area contributed by atoms with Crippen molar-refractivity contribution in [1.29, 1.82) is 0 Å². The lowest BCUT2D eigenvalue weighted by Gasteiger charge is -2.32. The lowest BCUT2D eigenvalue weighted by atomic mass is 9.70. The normalized spacial score (nSPS) is 28.9. The smallest absolute Gasteiger partial charge is 0.400 e. The van der Waals surface area contributed by atoms with Crippen LogP contribution < -0.4 is 5.32 Å². The molecule has 1 N–H and O–H groups in total. The van der Waals surface area contributed by atoms with E-state index >= 15 is 0 Å². The highest BCUT2D eigenvalue weighted by atomic mass is 16.7. The van der Waals surface area contributed by atoms with Crippen molar-refractivity contribution in [2.75, 3.05) is 13.1 Å². The minimum atomic E-state index is -0.252. The molecule has 0 radical (unpaired) electrons. The summed E-state index contributed by atoms with van der Waals surface area (Å²) in [5, 5.41) is 3.24. The quantitative estimate of drug-likeness (QED) is 0.697. The maximum Gasteiger partial charge on any atom is 0.490 e. The van der Waals surface area contributed by atoms with E-state index in [1.165, 1.54) is 0 Å². The predicted molar refractivity (Wildman–Crippen MR) is 61.6 cm³/mol. The van der Waals surface area contributed by atoms with Crippen LogP contribution in [0.25, 0.3) is 0 Å². The summed E-state index contributed by atoms with van der Waals surface area (Å²) in [7, 11) is -0.234. The molecular weight excluding hydrogens is 189 g/mol. The lowest BCUT2D eigenvalue weighted by Crippen LogP contribution is -2.46. The van der Waals surface area contributed by atoms with Gasteiger partial charge in [-0.2, -0.15) is 0 Å². The molecule has 2 aliphatic rings. The largest absolute Gasteiger partial charge is 0.490 e. The fourth-order valence-corrected chi connectivity index (χ4v) is 1.74. The van der Waals surface area contributed by atoms with Gasteiger partial charge in [-0.3, -0.25) is 0 Å². The van der Waals surface area contributed by atoms with Crippen molar-refractivity contribution >= 4 is 7.12 Å². The van der Waals surface area contributed by atoms with Crippen molar-refractivity contribution in [3.05, 3.63) is 12.1 Å². The first-order chi connectivity index (χ1) is 6.83. The molecule has 15 heavy (non-hydrogen) atoms. The Balaban J connectivity index is 2.05. The third-order valence-electron chi connectivity index (χ3n) is 3.86. The van der Waals surface area contributed by atoms with Crippen molar-refractivity contribution in [1.82, 2.24) is 5.32 Å². The van der Waals surface area contributed by atoms with Crippen LogP contribution in [0.15, 0.2) is 12.1 Å². The van der Waals surface area contributed by atoms with Crippen molar-refractivity contribution in [3.8, 4) is 0 Å². The molecule has 2 heterocycles. The Bertz CT molecular complexity index is 268. The van der Waals surface area contributed by atoms with Gasteiger partial charge < -0.3 is 14.6 Å². The van der Waals surface area contributed by atoms with Gasteiger partial charge in [0.2, 0.25) is 0 Å². The highest BCUT2D eigenvalue weighted by Gasteiger charge is 2.53. The van der Waals surface area contributed by atoms with Crippen molar-refractivity contribution in [2.24, 2.45) is 5.92 Å². The van der Waals surface area contributed by atoms with E-state index < -0.39 is 0 Å². The third-order valence-corrected chi connectivity index (χ3v) is 3.86. The van der Waals surface area contributed by atoms with E-state index in [0.29, 0.717) is 5.92 Å². The van der Waals surface area contributed by atoms with Gasteiger partial charge >= 0.3 is 7.12 Å². The summed E-state index contributed by atoms with van der Waals surface area (Å²) in [4.78, 5) is 0. The summed E-state index contributed by atoms with van der Waals surface area (Å²) in [5.74, 6) is 0.514. The molecular formula is C11H20BNO2. The molecule has 0 bridgehead atoms. The molecule has 0 aromatic carbocycles. The van der Waals surface area contributed by atoms with Crippen LogP contribution in [-0.2, 0) is 9.31 Å². The number of hydrogen-bond acceptors (Lipinski definition) is 3. The van der Waals surface area contributed by atoms with Gasteiger partial charge in [-0.05, 0) is 33.2 Å². The third kappa shape index (κ3) is 1.75. The monoisotopic (exact) mass is 209 g/mol. The molecule has 0 unspecified atom stereocenters.